The number of carbonyl (C=O) groups excluding carboxylic acids is 1. The second-order valence-electron chi connectivity index (χ2n) is 7.13. The molecule has 0 saturated carbocycles. The molecule has 0 bridgehead atoms. The Morgan fingerprint density at radius 3 is 2.38 bits per heavy atom. The van der Waals surface area contributed by atoms with Crippen molar-refractivity contribution in [3.05, 3.63) is 89.5 Å². The maximum absolute atomic E-state index is 12.8. The fraction of sp³-hybridized carbons (Fsp3) is 0.174. The molecule has 0 radical (unpaired) electrons. The zero-order valence-corrected chi connectivity index (χ0v) is 18.3. The van der Waals surface area contributed by atoms with Gasteiger partial charge < -0.3 is 10.1 Å². The molecule has 1 amide bonds. The minimum absolute atomic E-state index is 0.0133. The van der Waals surface area contributed by atoms with Crippen molar-refractivity contribution in [3.63, 3.8) is 0 Å². The van der Waals surface area contributed by atoms with Gasteiger partial charge in [-0.15, -0.1) is 0 Å². The lowest BCUT2D eigenvalue weighted by atomic mass is 10.0. The third-order valence-corrected chi connectivity index (χ3v) is 6.46. The van der Waals surface area contributed by atoms with Crippen LogP contribution in [0.1, 0.15) is 21.5 Å². The number of hydrogen-bond acceptors (Lipinski definition) is 4. The lowest BCUT2D eigenvalue weighted by molar-refractivity contribution is -0.0503. The summed E-state index contributed by atoms with van der Waals surface area (Å²) in [4.78, 5) is 12.7. The fourth-order valence-electron chi connectivity index (χ4n) is 3.03. The number of carbonyl (C=O) groups is 1. The summed E-state index contributed by atoms with van der Waals surface area (Å²) >= 11 is 0. The van der Waals surface area contributed by atoms with E-state index >= 15 is 0 Å². The Morgan fingerprint density at radius 2 is 1.72 bits per heavy atom. The number of rotatable bonds is 8. The molecule has 3 aromatic rings. The van der Waals surface area contributed by atoms with E-state index in [1.54, 1.807) is 6.07 Å². The number of hydrogen-bond donors (Lipinski definition) is 1. The van der Waals surface area contributed by atoms with E-state index in [2.05, 4.69) is 10.1 Å². The van der Waals surface area contributed by atoms with Crippen LogP contribution in [0.3, 0.4) is 0 Å². The Kier molecular flexibility index (Phi) is 7.22. The van der Waals surface area contributed by atoms with E-state index in [1.165, 1.54) is 50.5 Å². The Morgan fingerprint density at radius 1 is 1.00 bits per heavy atom. The first kappa shape index (κ1) is 23.4. The molecule has 0 spiro atoms. The van der Waals surface area contributed by atoms with Crippen LogP contribution < -0.4 is 10.1 Å². The molecule has 0 aliphatic carbocycles. The molecule has 0 saturated heterocycles. The first-order valence-electron chi connectivity index (χ1n) is 9.62. The molecule has 0 aromatic heterocycles. The summed E-state index contributed by atoms with van der Waals surface area (Å²) in [5.41, 5.74) is 1.86. The summed E-state index contributed by atoms with van der Waals surface area (Å²) in [6.07, 6.45) is 0.323. The summed E-state index contributed by atoms with van der Waals surface area (Å²) in [6, 6.07) is 19.3. The molecule has 3 rings (SSSR count). The number of halogens is 2. The summed E-state index contributed by atoms with van der Waals surface area (Å²) in [5.74, 6) is -0.519. The number of nitrogens with zero attached hydrogens (tertiary/aromatic N) is 1. The van der Waals surface area contributed by atoms with Gasteiger partial charge in [0.1, 0.15) is 5.75 Å². The zero-order chi connectivity index (χ0) is 23.3. The maximum atomic E-state index is 12.8. The molecule has 0 aliphatic rings. The highest BCUT2D eigenvalue weighted by atomic mass is 32.2. The molecule has 0 fully saturated rings. The monoisotopic (exact) mass is 460 g/mol. The number of amides is 1. The van der Waals surface area contributed by atoms with Gasteiger partial charge in [-0.25, -0.2) is 12.7 Å². The van der Waals surface area contributed by atoms with Crippen molar-refractivity contribution in [2.24, 2.45) is 0 Å². The fourth-order valence-corrected chi connectivity index (χ4v) is 3.98. The van der Waals surface area contributed by atoms with Gasteiger partial charge >= 0.3 is 6.61 Å². The molecule has 0 heterocycles. The number of ether oxygens (including phenoxy) is 1. The summed E-state index contributed by atoms with van der Waals surface area (Å²) in [5, 5.41) is 2.68. The summed E-state index contributed by atoms with van der Waals surface area (Å²) in [7, 11) is -0.894. The van der Waals surface area contributed by atoms with Crippen LogP contribution in [-0.4, -0.2) is 39.3 Å². The molecule has 6 nitrogen and oxygen atoms in total. The smallest absolute Gasteiger partial charge is 0.387 e. The quantitative estimate of drug-likeness (QED) is 0.541. The van der Waals surface area contributed by atoms with Crippen molar-refractivity contribution in [1.82, 2.24) is 4.31 Å². The minimum Gasteiger partial charge on any atom is -0.435 e. The number of anilines is 1. The van der Waals surface area contributed by atoms with Gasteiger partial charge in [0.05, 0.1) is 4.90 Å². The Labute approximate surface area is 185 Å². The number of alkyl halides is 2. The van der Waals surface area contributed by atoms with Crippen LogP contribution in [-0.2, 0) is 16.4 Å². The van der Waals surface area contributed by atoms with E-state index in [9.17, 15) is 22.0 Å². The van der Waals surface area contributed by atoms with Gasteiger partial charge in [-0.3, -0.25) is 4.79 Å². The molecular formula is C23H22F2N2O4S. The second kappa shape index (κ2) is 9.88. The van der Waals surface area contributed by atoms with Gasteiger partial charge in [-0.2, -0.15) is 8.78 Å². The molecule has 9 heteroatoms. The van der Waals surface area contributed by atoms with Crippen LogP contribution in [0.2, 0.25) is 0 Å². The highest BCUT2D eigenvalue weighted by Crippen LogP contribution is 2.27. The highest BCUT2D eigenvalue weighted by Gasteiger charge is 2.19. The first-order chi connectivity index (χ1) is 15.2. The number of sulfonamides is 1. The van der Waals surface area contributed by atoms with Crippen LogP contribution in [0.4, 0.5) is 14.5 Å². The van der Waals surface area contributed by atoms with E-state index in [0.29, 0.717) is 17.7 Å². The van der Waals surface area contributed by atoms with Crippen molar-refractivity contribution in [1.29, 1.82) is 0 Å². The van der Waals surface area contributed by atoms with Gasteiger partial charge in [0.2, 0.25) is 10.0 Å². The maximum Gasteiger partial charge on any atom is 0.387 e. The van der Waals surface area contributed by atoms with Gasteiger partial charge in [0.15, 0.2) is 0 Å². The molecule has 0 atom stereocenters. The predicted octanol–water partition coefficient (Wildman–Crippen LogP) is 4.38. The molecule has 0 unspecified atom stereocenters. The van der Waals surface area contributed by atoms with E-state index in [-0.39, 0.29) is 16.2 Å². The molecule has 3 aromatic carbocycles. The van der Waals surface area contributed by atoms with Crippen LogP contribution in [0.15, 0.2) is 77.7 Å². The van der Waals surface area contributed by atoms with E-state index < -0.39 is 22.5 Å². The van der Waals surface area contributed by atoms with Crippen molar-refractivity contribution >= 4 is 21.6 Å². The highest BCUT2D eigenvalue weighted by molar-refractivity contribution is 7.89. The SMILES string of the molecule is CN(C)S(=O)(=O)c1cccc(C(=O)Nc2ccc(OC(F)F)c(Cc3ccccc3)c2)c1. The van der Waals surface area contributed by atoms with Gasteiger partial charge in [0, 0.05) is 37.3 Å². The number of benzene rings is 3. The summed E-state index contributed by atoms with van der Waals surface area (Å²) in [6.45, 7) is -2.98. The van der Waals surface area contributed by atoms with Crippen LogP contribution >= 0.6 is 0 Å². The van der Waals surface area contributed by atoms with Gasteiger partial charge in [-0.1, -0.05) is 36.4 Å². The first-order valence-corrected chi connectivity index (χ1v) is 11.1. The Balaban J connectivity index is 1.87. The van der Waals surface area contributed by atoms with Gasteiger partial charge in [-0.05, 0) is 42.0 Å². The molecular weight excluding hydrogens is 438 g/mol. The molecule has 0 aliphatic heterocycles. The van der Waals surface area contributed by atoms with Crippen molar-refractivity contribution < 1.29 is 26.7 Å². The average molecular weight is 461 g/mol. The summed E-state index contributed by atoms with van der Waals surface area (Å²) < 4.78 is 56.0. The minimum atomic E-state index is -3.70. The largest absolute Gasteiger partial charge is 0.435 e. The molecule has 32 heavy (non-hydrogen) atoms. The predicted molar refractivity (Wildman–Crippen MR) is 118 cm³/mol. The van der Waals surface area contributed by atoms with Crippen LogP contribution in [0, 0.1) is 0 Å². The second-order valence-corrected chi connectivity index (χ2v) is 9.28. The van der Waals surface area contributed by atoms with E-state index in [4.69, 9.17) is 0 Å². The lowest BCUT2D eigenvalue weighted by Gasteiger charge is -2.14. The number of nitrogens with one attached hydrogen (secondary N) is 1. The third kappa shape index (κ3) is 5.68. The van der Waals surface area contributed by atoms with Crippen LogP contribution in [0.5, 0.6) is 5.75 Å². The molecule has 1 N–H and O–H groups in total. The standard InChI is InChI=1S/C23H22F2N2O4S/c1-27(2)32(29,30)20-10-6-9-17(15-20)22(28)26-19-11-12-21(31-23(24)25)18(14-19)13-16-7-4-3-5-8-16/h3-12,14-15,23H,13H2,1-2H3,(H,26,28). The van der Waals surface area contributed by atoms with E-state index in [0.717, 1.165) is 9.87 Å². The van der Waals surface area contributed by atoms with Crippen molar-refractivity contribution in [2.75, 3.05) is 19.4 Å². The lowest BCUT2D eigenvalue weighted by Crippen LogP contribution is -2.22. The topological polar surface area (TPSA) is 75.7 Å². The zero-order valence-electron chi connectivity index (χ0n) is 17.5. The van der Waals surface area contributed by atoms with E-state index in [1.807, 2.05) is 30.3 Å². The third-order valence-electron chi connectivity index (χ3n) is 4.65. The molecule has 168 valence electrons. The average Bonchev–Trinajstić information content (AvgIpc) is 2.76. The Bertz CT molecular complexity index is 1200. The Hall–Kier alpha value is -3.30. The normalized spacial score (nSPS) is 11.6. The van der Waals surface area contributed by atoms with Crippen molar-refractivity contribution in [3.8, 4) is 5.75 Å². The van der Waals surface area contributed by atoms with Crippen molar-refractivity contribution in [2.45, 2.75) is 17.9 Å². The van der Waals surface area contributed by atoms with Gasteiger partial charge in [0.25, 0.3) is 5.91 Å². The van der Waals surface area contributed by atoms with Crippen LogP contribution in [0.25, 0.3) is 0 Å².